The Labute approximate surface area is 111 Å². The van der Waals surface area contributed by atoms with Gasteiger partial charge in [0.2, 0.25) is 0 Å². The van der Waals surface area contributed by atoms with Crippen molar-refractivity contribution in [3.63, 3.8) is 0 Å². The Morgan fingerprint density at radius 1 is 1.28 bits per heavy atom. The molecule has 12 heteroatoms. The summed E-state index contributed by atoms with van der Waals surface area (Å²) in [6.07, 6.45) is 0. The number of carboxylic acid groups (broad SMARTS) is 1. The average molecular weight is 335 g/mol. The van der Waals surface area contributed by atoms with E-state index in [4.69, 9.17) is 4.89 Å². The maximum absolute atomic E-state index is 10.5. The largest absolute Gasteiger partial charge is 2.00 e. The Kier molecular flexibility index (Phi) is 18.9. The van der Waals surface area contributed by atoms with E-state index in [2.05, 4.69) is 4.98 Å². The molecule has 18 heavy (non-hydrogen) atoms. The van der Waals surface area contributed by atoms with E-state index in [1.807, 2.05) is 0 Å². The SMILES string of the molecule is O.O=C([O-])c1cccc(P(=O)([O-])O)n1.[Co+2].[OH3+].[OH3+].[OH3+]. The zero-order valence-electron chi connectivity index (χ0n) is 8.77. The number of hydrogen-bond donors (Lipinski definition) is 1. The molecular weight excluding hydrogens is 320 g/mol. The second-order valence-electron chi connectivity index (χ2n) is 2.19. The number of nitrogens with zero attached hydrogens (tertiary/aromatic N) is 1. The number of carboxylic acids is 1. The fraction of sp³-hybridized carbons (Fsp3) is 0. The second kappa shape index (κ2) is 11.2. The van der Waals surface area contributed by atoms with Crippen molar-refractivity contribution in [3.8, 4) is 0 Å². The topological polar surface area (TPSA) is 244 Å². The number of aromatic carboxylic acids is 1. The van der Waals surface area contributed by atoms with Crippen LogP contribution in [0.15, 0.2) is 18.2 Å². The van der Waals surface area contributed by atoms with Crippen LogP contribution >= 0.6 is 7.60 Å². The molecular formula is C6H15CoNO9P+3. The van der Waals surface area contributed by atoms with Crippen molar-refractivity contribution >= 4 is 19.0 Å². The van der Waals surface area contributed by atoms with Crippen LogP contribution in [-0.2, 0) is 37.8 Å². The van der Waals surface area contributed by atoms with Gasteiger partial charge in [0, 0.05) is 0 Å². The van der Waals surface area contributed by atoms with E-state index in [0.717, 1.165) is 18.2 Å². The maximum Gasteiger partial charge on any atom is 2.00 e. The Morgan fingerprint density at radius 2 is 1.72 bits per heavy atom. The molecule has 0 amide bonds. The van der Waals surface area contributed by atoms with Gasteiger partial charge in [-0.25, -0.2) is 4.98 Å². The summed E-state index contributed by atoms with van der Waals surface area (Å²) in [5.74, 6) is -1.60. The van der Waals surface area contributed by atoms with Crippen LogP contribution in [0.5, 0.6) is 0 Å². The standard InChI is InChI=1S/C6H6NO5P.Co.4H2O/c8-6(9)4-2-1-3-5(7-4)13(10,11)12;;;;;/h1-3H,(H,8,9)(H2,10,11,12);;4*1H2/q;+2;;;;/p+1. The fourth-order valence-corrected chi connectivity index (χ4v) is 1.20. The van der Waals surface area contributed by atoms with E-state index < -0.39 is 24.7 Å². The maximum atomic E-state index is 10.5. The van der Waals surface area contributed by atoms with Crippen LogP contribution in [0, 0.1) is 0 Å². The molecule has 0 aliphatic carbocycles. The first-order valence-electron chi connectivity index (χ1n) is 3.14. The molecule has 0 saturated heterocycles. The molecule has 109 valence electrons. The molecule has 1 heterocycles. The number of hydrogen-bond acceptors (Lipinski definition) is 5. The summed E-state index contributed by atoms with van der Waals surface area (Å²) < 4.78 is 10.5. The Morgan fingerprint density at radius 3 is 2.06 bits per heavy atom. The van der Waals surface area contributed by atoms with Gasteiger partial charge in [-0.05, 0) is 12.1 Å². The van der Waals surface area contributed by atoms with Gasteiger partial charge in [0.1, 0.15) is 5.44 Å². The van der Waals surface area contributed by atoms with Crippen molar-refractivity contribution in [2.75, 3.05) is 0 Å². The number of carbonyl (C=O) groups excluding carboxylic acids is 1. The van der Waals surface area contributed by atoms with Gasteiger partial charge in [-0.3, -0.25) is 0 Å². The van der Waals surface area contributed by atoms with Gasteiger partial charge >= 0.3 is 16.8 Å². The van der Waals surface area contributed by atoms with Crippen LogP contribution in [-0.4, -0.2) is 21.3 Å². The van der Waals surface area contributed by atoms with Crippen molar-refractivity contribution in [1.29, 1.82) is 0 Å². The normalized spacial score (nSPS) is 10.8. The van der Waals surface area contributed by atoms with E-state index in [1.165, 1.54) is 0 Å². The molecule has 0 spiro atoms. The first kappa shape index (κ1) is 30.3. The van der Waals surface area contributed by atoms with E-state index in [0.29, 0.717) is 0 Å². The van der Waals surface area contributed by atoms with Crippen molar-refractivity contribution in [1.82, 2.24) is 4.98 Å². The van der Waals surface area contributed by atoms with E-state index in [-0.39, 0.29) is 38.7 Å². The quantitative estimate of drug-likeness (QED) is 0.406. The van der Waals surface area contributed by atoms with E-state index in [9.17, 15) is 19.4 Å². The summed E-state index contributed by atoms with van der Waals surface area (Å²) in [4.78, 5) is 32.4. The molecule has 1 unspecified atom stereocenters. The summed E-state index contributed by atoms with van der Waals surface area (Å²) in [6, 6.07) is 3.20. The van der Waals surface area contributed by atoms with Crippen molar-refractivity contribution < 1.29 is 62.9 Å². The smallest absolute Gasteiger partial charge is 0.774 e. The average Bonchev–Trinajstić information content (AvgIpc) is 2.03. The third kappa shape index (κ3) is 8.24. The summed E-state index contributed by atoms with van der Waals surface area (Å²) in [7, 11) is -4.74. The molecule has 12 N–H and O–H groups in total. The van der Waals surface area contributed by atoms with Crippen LogP contribution in [0.2, 0.25) is 0 Å². The molecule has 0 bridgehead atoms. The van der Waals surface area contributed by atoms with Crippen molar-refractivity contribution in [2.24, 2.45) is 0 Å². The molecule has 10 nitrogen and oxygen atoms in total. The van der Waals surface area contributed by atoms with Crippen LogP contribution in [0.4, 0.5) is 0 Å². The molecule has 0 fully saturated rings. The Hall–Kier alpha value is -0.884. The zero-order chi connectivity index (χ0) is 10.1. The molecule has 0 saturated carbocycles. The predicted molar refractivity (Wildman–Crippen MR) is 56.3 cm³/mol. The van der Waals surface area contributed by atoms with Gasteiger partial charge in [-0.1, -0.05) is 6.07 Å². The minimum Gasteiger partial charge on any atom is -0.774 e. The molecule has 0 aromatic carbocycles. The van der Waals surface area contributed by atoms with Gasteiger partial charge in [0.05, 0.1) is 11.7 Å². The molecule has 1 radical (unpaired) electrons. The summed E-state index contributed by atoms with van der Waals surface area (Å²) in [6.45, 7) is 0. The van der Waals surface area contributed by atoms with Crippen LogP contribution in [0.1, 0.15) is 10.5 Å². The molecule has 1 rings (SSSR count). The Bertz CT molecular complexity index is 394. The second-order valence-corrected chi connectivity index (χ2v) is 3.69. The number of pyridine rings is 1. The molecule has 1 atom stereocenters. The van der Waals surface area contributed by atoms with Gasteiger partial charge in [0.15, 0.2) is 7.60 Å². The first-order valence-corrected chi connectivity index (χ1v) is 4.72. The van der Waals surface area contributed by atoms with Gasteiger partial charge < -0.3 is 46.2 Å². The fourth-order valence-electron chi connectivity index (χ4n) is 0.694. The zero-order valence-corrected chi connectivity index (χ0v) is 10.7. The van der Waals surface area contributed by atoms with Gasteiger partial charge in [-0.15, -0.1) is 0 Å². The monoisotopic (exact) mass is 335 g/mol. The predicted octanol–water partition coefficient (Wildman–Crippen LogP) is -5.98. The molecule has 0 aliphatic rings. The summed E-state index contributed by atoms with van der Waals surface area (Å²) in [5, 5.41) is 10.2. The minimum absolute atomic E-state index is 0. The molecule has 1 aromatic heterocycles. The third-order valence-electron chi connectivity index (χ3n) is 1.23. The number of aromatic nitrogens is 1. The number of rotatable bonds is 2. The van der Waals surface area contributed by atoms with Crippen molar-refractivity contribution in [2.45, 2.75) is 0 Å². The number of carbonyl (C=O) groups is 1. The molecule has 1 aromatic rings. The summed E-state index contributed by atoms with van der Waals surface area (Å²) in [5.41, 5.74) is -1.23. The molecule has 0 aliphatic heterocycles. The van der Waals surface area contributed by atoms with Crippen LogP contribution in [0.25, 0.3) is 0 Å². The van der Waals surface area contributed by atoms with E-state index >= 15 is 0 Å². The Balaban J connectivity index is -0.000000113. The first-order chi connectivity index (χ1) is 5.91. The van der Waals surface area contributed by atoms with Gasteiger partial charge in [0.25, 0.3) is 0 Å². The third-order valence-corrected chi connectivity index (χ3v) is 2.06. The minimum atomic E-state index is -4.74. The van der Waals surface area contributed by atoms with Gasteiger partial charge in [-0.2, -0.15) is 0 Å². The van der Waals surface area contributed by atoms with Crippen LogP contribution < -0.4 is 15.4 Å². The van der Waals surface area contributed by atoms with E-state index in [1.54, 1.807) is 0 Å². The van der Waals surface area contributed by atoms with Crippen molar-refractivity contribution in [3.05, 3.63) is 23.9 Å². The summed E-state index contributed by atoms with van der Waals surface area (Å²) >= 11 is 0. The van der Waals surface area contributed by atoms with Crippen LogP contribution in [0.3, 0.4) is 0 Å².